The van der Waals surface area contributed by atoms with Gasteiger partial charge in [0.15, 0.2) is 5.69 Å². The van der Waals surface area contributed by atoms with E-state index >= 15 is 0 Å². The van der Waals surface area contributed by atoms with Crippen molar-refractivity contribution in [2.75, 3.05) is 13.2 Å². The number of H-pyrrole nitrogens is 1. The van der Waals surface area contributed by atoms with Gasteiger partial charge in [0, 0.05) is 11.3 Å². The highest BCUT2D eigenvalue weighted by Crippen LogP contribution is 2.22. The summed E-state index contributed by atoms with van der Waals surface area (Å²) in [5.74, 6) is -0.378. The maximum absolute atomic E-state index is 11.8. The first-order valence-electron chi connectivity index (χ1n) is 5.78. The van der Waals surface area contributed by atoms with Gasteiger partial charge in [0.1, 0.15) is 13.2 Å². The summed E-state index contributed by atoms with van der Waals surface area (Å²) in [6.07, 6.45) is 5.45. The molecule has 0 radical (unpaired) electrons. The Labute approximate surface area is 99.8 Å². The van der Waals surface area contributed by atoms with Gasteiger partial charge < -0.3 is 9.47 Å². The molecule has 0 unspecified atom stereocenters. The van der Waals surface area contributed by atoms with Gasteiger partial charge in [-0.05, 0) is 25.7 Å². The molecule has 0 saturated carbocycles. The average molecular weight is 236 g/mol. The van der Waals surface area contributed by atoms with E-state index in [1.54, 1.807) is 0 Å². The van der Waals surface area contributed by atoms with Crippen molar-refractivity contribution in [1.29, 1.82) is 0 Å². The summed E-state index contributed by atoms with van der Waals surface area (Å²) in [6, 6.07) is 0. The minimum absolute atomic E-state index is 0.215. The van der Waals surface area contributed by atoms with Crippen molar-refractivity contribution in [2.24, 2.45) is 0 Å². The largest absolute Gasteiger partial charge is 0.498 e. The van der Waals surface area contributed by atoms with E-state index in [0.29, 0.717) is 12.3 Å². The van der Waals surface area contributed by atoms with Crippen molar-refractivity contribution in [3.8, 4) is 0 Å². The smallest absolute Gasteiger partial charge is 0.359 e. The number of aromatic amines is 1. The Kier molecular flexibility index (Phi) is 3.80. The molecule has 0 aromatic carbocycles. The molecule has 0 spiro atoms. The quantitative estimate of drug-likeness (QED) is 0.479. The number of aryl methyl sites for hydroxylation is 1. The zero-order valence-corrected chi connectivity index (χ0v) is 9.70. The van der Waals surface area contributed by atoms with Crippen LogP contribution in [0.5, 0.6) is 0 Å². The second-order valence-corrected chi connectivity index (χ2v) is 3.91. The van der Waals surface area contributed by atoms with Gasteiger partial charge in [0.2, 0.25) is 0 Å². The molecule has 1 aromatic heterocycles. The number of nitrogens with one attached hydrogen (secondary N) is 1. The van der Waals surface area contributed by atoms with Gasteiger partial charge in [-0.15, -0.1) is 0 Å². The van der Waals surface area contributed by atoms with Crippen LogP contribution in [0.2, 0.25) is 0 Å². The molecule has 2 rings (SSSR count). The Morgan fingerprint density at radius 3 is 3.06 bits per heavy atom. The third-order valence-corrected chi connectivity index (χ3v) is 2.80. The highest BCUT2D eigenvalue weighted by molar-refractivity contribution is 5.89. The van der Waals surface area contributed by atoms with Crippen LogP contribution in [0.25, 0.3) is 0 Å². The number of esters is 1. The van der Waals surface area contributed by atoms with Crippen LogP contribution >= 0.6 is 0 Å². The first-order valence-corrected chi connectivity index (χ1v) is 5.78. The van der Waals surface area contributed by atoms with E-state index in [2.05, 4.69) is 16.8 Å². The number of hydrogen-bond acceptors (Lipinski definition) is 4. The molecule has 1 aliphatic carbocycles. The fourth-order valence-corrected chi connectivity index (χ4v) is 1.98. The molecule has 0 amide bonds. The predicted octanol–water partition coefficient (Wildman–Crippen LogP) is 1.61. The second-order valence-electron chi connectivity index (χ2n) is 3.91. The summed E-state index contributed by atoms with van der Waals surface area (Å²) >= 11 is 0. The first-order chi connectivity index (χ1) is 8.33. The number of rotatable bonds is 5. The maximum Gasteiger partial charge on any atom is 0.359 e. The average Bonchev–Trinajstić information content (AvgIpc) is 2.78. The molecule has 92 valence electrons. The molecule has 1 heterocycles. The van der Waals surface area contributed by atoms with E-state index in [1.165, 1.54) is 6.26 Å². The topological polar surface area (TPSA) is 64.2 Å². The summed E-state index contributed by atoms with van der Waals surface area (Å²) in [5, 5.41) is 6.95. The number of fused-ring (bicyclic) bond motifs is 1. The van der Waals surface area contributed by atoms with Crippen LogP contribution < -0.4 is 0 Å². The van der Waals surface area contributed by atoms with E-state index in [-0.39, 0.29) is 12.6 Å². The van der Waals surface area contributed by atoms with Gasteiger partial charge >= 0.3 is 5.97 Å². The Bertz CT molecular complexity index is 412. The highest BCUT2D eigenvalue weighted by atomic mass is 16.6. The van der Waals surface area contributed by atoms with Crippen LogP contribution in [-0.2, 0) is 22.3 Å². The van der Waals surface area contributed by atoms with Crippen LogP contribution in [-0.4, -0.2) is 29.4 Å². The van der Waals surface area contributed by atoms with Crippen molar-refractivity contribution in [2.45, 2.75) is 25.7 Å². The molecule has 17 heavy (non-hydrogen) atoms. The zero-order chi connectivity index (χ0) is 12.1. The molecule has 1 N–H and O–H groups in total. The third kappa shape index (κ3) is 2.67. The number of ether oxygens (including phenoxy) is 2. The number of hydrogen-bond donors (Lipinski definition) is 1. The lowest BCUT2D eigenvalue weighted by atomic mass is 9.96. The van der Waals surface area contributed by atoms with Crippen LogP contribution in [0.15, 0.2) is 12.8 Å². The van der Waals surface area contributed by atoms with E-state index in [1.807, 2.05) is 0 Å². The lowest BCUT2D eigenvalue weighted by Crippen LogP contribution is -2.13. The minimum atomic E-state index is -0.378. The fraction of sp³-hybridized carbons (Fsp3) is 0.500. The maximum atomic E-state index is 11.8. The van der Waals surface area contributed by atoms with Crippen molar-refractivity contribution in [3.05, 3.63) is 29.8 Å². The van der Waals surface area contributed by atoms with Gasteiger partial charge in [-0.3, -0.25) is 5.10 Å². The number of aromatic nitrogens is 2. The number of nitrogens with zero attached hydrogens (tertiary/aromatic N) is 1. The summed E-state index contributed by atoms with van der Waals surface area (Å²) in [6.45, 7) is 3.94. The monoisotopic (exact) mass is 236 g/mol. The summed E-state index contributed by atoms with van der Waals surface area (Å²) in [7, 11) is 0. The SMILES string of the molecule is C=COCCOC(=O)c1n[nH]c2c1CCCC2. The molecule has 5 heteroatoms. The third-order valence-electron chi connectivity index (χ3n) is 2.80. The minimum Gasteiger partial charge on any atom is -0.498 e. The summed E-state index contributed by atoms with van der Waals surface area (Å²) < 4.78 is 9.93. The molecule has 1 aromatic rings. The van der Waals surface area contributed by atoms with E-state index < -0.39 is 0 Å². The zero-order valence-electron chi connectivity index (χ0n) is 9.70. The Balaban J connectivity index is 1.94. The highest BCUT2D eigenvalue weighted by Gasteiger charge is 2.22. The van der Waals surface area contributed by atoms with Crippen LogP contribution in [0.4, 0.5) is 0 Å². The van der Waals surface area contributed by atoms with Crippen LogP contribution in [0.3, 0.4) is 0 Å². The number of carbonyl (C=O) groups excluding carboxylic acids is 1. The molecule has 0 aliphatic heterocycles. The number of carbonyl (C=O) groups is 1. The molecule has 5 nitrogen and oxygen atoms in total. The molecular formula is C12H16N2O3. The normalized spacial score (nSPS) is 13.9. The molecular weight excluding hydrogens is 220 g/mol. The first kappa shape index (κ1) is 11.7. The molecule has 1 aliphatic rings. The lowest BCUT2D eigenvalue weighted by Gasteiger charge is -2.10. The lowest BCUT2D eigenvalue weighted by molar-refractivity contribution is 0.0413. The Morgan fingerprint density at radius 2 is 2.24 bits per heavy atom. The summed E-state index contributed by atoms with van der Waals surface area (Å²) in [5.41, 5.74) is 2.52. The molecule has 0 bridgehead atoms. The van der Waals surface area contributed by atoms with Crippen molar-refractivity contribution in [1.82, 2.24) is 10.2 Å². The second kappa shape index (κ2) is 5.52. The van der Waals surface area contributed by atoms with Crippen molar-refractivity contribution >= 4 is 5.97 Å². The van der Waals surface area contributed by atoms with Crippen LogP contribution in [0, 0.1) is 0 Å². The van der Waals surface area contributed by atoms with Gasteiger partial charge in [0.25, 0.3) is 0 Å². The summed E-state index contributed by atoms with van der Waals surface area (Å²) in [4.78, 5) is 11.8. The predicted molar refractivity (Wildman–Crippen MR) is 61.7 cm³/mol. The van der Waals surface area contributed by atoms with Gasteiger partial charge in [-0.2, -0.15) is 5.10 Å². The van der Waals surface area contributed by atoms with E-state index in [0.717, 1.165) is 36.9 Å². The molecule has 0 atom stereocenters. The fourth-order valence-electron chi connectivity index (χ4n) is 1.98. The van der Waals surface area contributed by atoms with Gasteiger partial charge in [0.05, 0.1) is 6.26 Å². The van der Waals surface area contributed by atoms with E-state index in [4.69, 9.17) is 9.47 Å². The van der Waals surface area contributed by atoms with E-state index in [9.17, 15) is 4.79 Å². The van der Waals surface area contributed by atoms with Gasteiger partial charge in [-0.1, -0.05) is 6.58 Å². The Hall–Kier alpha value is -1.78. The van der Waals surface area contributed by atoms with Crippen LogP contribution in [0.1, 0.15) is 34.6 Å². The molecule has 0 saturated heterocycles. The van der Waals surface area contributed by atoms with Crippen molar-refractivity contribution < 1.29 is 14.3 Å². The van der Waals surface area contributed by atoms with Crippen molar-refractivity contribution in [3.63, 3.8) is 0 Å². The van der Waals surface area contributed by atoms with Gasteiger partial charge in [-0.25, -0.2) is 4.79 Å². The molecule has 0 fully saturated rings. The standard InChI is InChI=1S/C12H16N2O3/c1-2-16-7-8-17-12(15)11-9-5-3-4-6-10(9)13-14-11/h2H,1,3-8H2,(H,13,14). The Morgan fingerprint density at radius 1 is 1.41 bits per heavy atom.